The largest absolute Gasteiger partial charge is 0.356 e. The first-order valence-corrected chi connectivity index (χ1v) is 6.84. The van der Waals surface area contributed by atoms with Gasteiger partial charge in [0.15, 0.2) is 0 Å². The molecule has 100 valence electrons. The van der Waals surface area contributed by atoms with Crippen molar-refractivity contribution in [3.63, 3.8) is 0 Å². The number of aromatic nitrogens is 1. The van der Waals surface area contributed by atoms with Crippen LogP contribution in [0.2, 0.25) is 0 Å². The number of rotatable bonds is 2. The van der Waals surface area contributed by atoms with Crippen molar-refractivity contribution in [2.24, 2.45) is 17.1 Å². The van der Waals surface area contributed by atoms with E-state index < -0.39 is 0 Å². The normalized spacial score (nSPS) is 22.3. The topological polar surface area (TPSA) is 42.1 Å². The zero-order chi connectivity index (χ0) is 13.3. The third-order valence-electron chi connectivity index (χ3n) is 4.03. The minimum atomic E-state index is 0.0625. The summed E-state index contributed by atoms with van der Waals surface area (Å²) in [5.74, 6) is 1.85. The standard InChI is InChI=1S/C15H25N3/c1-11(16)12-5-6-14(17-9-12)18-8-7-13(10-18)15(2,3)4/h5-6,9,11,13H,7-8,10,16H2,1-4H3/t11-,13?/m0/s1. The van der Waals surface area contributed by atoms with E-state index in [4.69, 9.17) is 5.73 Å². The zero-order valence-electron chi connectivity index (χ0n) is 12.0. The fraction of sp³-hybridized carbons (Fsp3) is 0.667. The van der Waals surface area contributed by atoms with Gasteiger partial charge >= 0.3 is 0 Å². The van der Waals surface area contributed by atoms with Crippen molar-refractivity contribution in [2.75, 3.05) is 18.0 Å². The summed E-state index contributed by atoms with van der Waals surface area (Å²) >= 11 is 0. The van der Waals surface area contributed by atoms with Gasteiger partial charge in [-0.3, -0.25) is 0 Å². The van der Waals surface area contributed by atoms with Gasteiger partial charge in [-0.1, -0.05) is 26.8 Å². The molecule has 2 rings (SSSR count). The second-order valence-electron chi connectivity index (χ2n) is 6.54. The Labute approximate surface area is 110 Å². The van der Waals surface area contributed by atoms with Crippen LogP contribution in [0.4, 0.5) is 5.82 Å². The first-order chi connectivity index (χ1) is 8.38. The Bertz CT molecular complexity index is 389. The van der Waals surface area contributed by atoms with E-state index in [1.807, 2.05) is 13.1 Å². The molecular formula is C15H25N3. The SMILES string of the molecule is C[C@H](N)c1ccc(N2CCC(C(C)(C)C)C2)nc1. The third kappa shape index (κ3) is 2.83. The van der Waals surface area contributed by atoms with Gasteiger partial charge in [0, 0.05) is 25.3 Å². The minimum Gasteiger partial charge on any atom is -0.356 e. The van der Waals surface area contributed by atoms with Crippen LogP contribution >= 0.6 is 0 Å². The van der Waals surface area contributed by atoms with E-state index in [-0.39, 0.29) is 6.04 Å². The molecule has 3 heteroatoms. The summed E-state index contributed by atoms with van der Waals surface area (Å²) < 4.78 is 0. The van der Waals surface area contributed by atoms with Gasteiger partial charge in [-0.15, -0.1) is 0 Å². The van der Waals surface area contributed by atoms with E-state index in [2.05, 4.69) is 42.8 Å². The van der Waals surface area contributed by atoms with Crippen LogP contribution in [0.1, 0.15) is 45.7 Å². The molecule has 1 aromatic rings. The van der Waals surface area contributed by atoms with Gasteiger partial charge in [0.05, 0.1) is 0 Å². The Kier molecular flexibility index (Phi) is 3.62. The minimum absolute atomic E-state index is 0.0625. The molecule has 1 fully saturated rings. The van der Waals surface area contributed by atoms with Gasteiger partial charge in [-0.2, -0.15) is 0 Å². The van der Waals surface area contributed by atoms with Crippen LogP contribution in [0.25, 0.3) is 0 Å². The van der Waals surface area contributed by atoms with Crippen molar-refractivity contribution in [3.8, 4) is 0 Å². The number of nitrogens with zero attached hydrogens (tertiary/aromatic N) is 2. The molecule has 0 radical (unpaired) electrons. The molecule has 3 nitrogen and oxygen atoms in total. The molecule has 18 heavy (non-hydrogen) atoms. The molecule has 1 unspecified atom stereocenters. The highest BCUT2D eigenvalue weighted by molar-refractivity contribution is 5.41. The molecule has 1 aliphatic heterocycles. The van der Waals surface area contributed by atoms with Crippen molar-refractivity contribution in [1.82, 2.24) is 4.98 Å². The molecule has 1 saturated heterocycles. The predicted molar refractivity (Wildman–Crippen MR) is 76.6 cm³/mol. The Hall–Kier alpha value is -1.09. The molecule has 0 spiro atoms. The number of hydrogen-bond donors (Lipinski definition) is 1. The fourth-order valence-electron chi connectivity index (χ4n) is 2.53. The second-order valence-corrected chi connectivity index (χ2v) is 6.54. The average molecular weight is 247 g/mol. The number of anilines is 1. The lowest BCUT2D eigenvalue weighted by atomic mass is 9.80. The van der Waals surface area contributed by atoms with Gasteiger partial charge in [0.2, 0.25) is 0 Å². The Morgan fingerprint density at radius 2 is 2.11 bits per heavy atom. The Balaban J connectivity index is 2.05. The van der Waals surface area contributed by atoms with Gasteiger partial charge < -0.3 is 10.6 Å². The second kappa shape index (κ2) is 4.88. The summed E-state index contributed by atoms with van der Waals surface area (Å²) in [5.41, 5.74) is 7.33. The number of pyridine rings is 1. The third-order valence-corrected chi connectivity index (χ3v) is 4.03. The quantitative estimate of drug-likeness (QED) is 0.873. The molecule has 1 aliphatic rings. The fourth-order valence-corrected chi connectivity index (χ4v) is 2.53. The van der Waals surface area contributed by atoms with Crippen LogP contribution in [0.3, 0.4) is 0 Å². The Morgan fingerprint density at radius 1 is 1.39 bits per heavy atom. The number of hydrogen-bond acceptors (Lipinski definition) is 3. The maximum atomic E-state index is 5.84. The molecular weight excluding hydrogens is 222 g/mol. The Morgan fingerprint density at radius 3 is 2.56 bits per heavy atom. The number of nitrogens with two attached hydrogens (primary N) is 1. The molecule has 2 N–H and O–H groups in total. The monoisotopic (exact) mass is 247 g/mol. The van der Waals surface area contributed by atoms with Crippen LogP contribution in [0.15, 0.2) is 18.3 Å². The van der Waals surface area contributed by atoms with E-state index in [9.17, 15) is 0 Å². The van der Waals surface area contributed by atoms with Crippen LogP contribution in [0.5, 0.6) is 0 Å². The summed E-state index contributed by atoms with van der Waals surface area (Å²) in [6.45, 7) is 11.2. The van der Waals surface area contributed by atoms with Gasteiger partial charge in [0.1, 0.15) is 5.82 Å². The molecule has 0 aliphatic carbocycles. The van der Waals surface area contributed by atoms with Gasteiger partial charge in [-0.05, 0) is 36.3 Å². The van der Waals surface area contributed by atoms with Crippen LogP contribution in [-0.4, -0.2) is 18.1 Å². The summed E-state index contributed by atoms with van der Waals surface area (Å²) in [6, 6.07) is 4.26. The van der Waals surface area contributed by atoms with Crippen molar-refractivity contribution < 1.29 is 0 Å². The van der Waals surface area contributed by atoms with E-state index in [0.717, 1.165) is 30.4 Å². The molecule has 0 saturated carbocycles. The van der Waals surface area contributed by atoms with Crippen LogP contribution < -0.4 is 10.6 Å². The highest BCUT2D eigenvalue weighted by Crippen LogP contribution is 2.35. The lowest BCUT2D eigenvalue weighted by molar-refractivity contribution is 0.263. The first kappa shape index (κ1) is 13.3. The van der Waals surface area contributed by atoms with E-state index in [0.29, 0.717) is 5.41 Å². The smallest absolute Gasteiger partial charge is 0.128 e. The molecule has 0 bridgehead atoms. The van der Waals surface area contributed by atoms with Crippen molar-refractivity contribution in [3.05, 3.63) is 23.9 Å². The van der Waals surface area contributed by atoms with E-state index in [1.165, 1.54) is 6.42 Å². The van der Waals surface area contributed by atoms with Gasteiger partial charge in [-0.25, -0.2) is 4.98 Å². The lowest BCUT2D eigenvalue weighted by Crippen LogP contribution is -2.26. The molecule has 0 amide bonds. The van der Waals surface area contributed by atoms with Crippen LogP contribution in [0, 0.1) is 11.3 Å². The highest BCUT2D eigenvalue weighted by Gasteiger charge is 2.32. The first-order valence-electron chi connectivity index (χ1n) is 6.84. The van der Waals surface area contributed by atoms with Crippen LogP contribution in [-0.2, 0) is 0 Å². The molecule has 2 atom stereocenters. The zero-order valence-corrected chi connectivity index (χ0v) is 12.0. The van der Waals surface area contributed by atoms with E-state index in [1.54, 1.807) is 0 Å². The molecule has 2 heterocycles. The highest BCUT2D eigenvalue weighted by atomic mass is 15.2. The van der Waals surface area contributed by atoms with Gasteiger partial charge in [0.25, 0.3) is 0 Å². The summed E-state index contributed by atoms with van der Waals surface area (Å²) in [7, 11) is 0. The van der Waals surface area contributed by atoms with Crippen molar-refractivity contribution >= 4 is 5.82 Å². The molecule has 0 aromatic carbocycles. The maximum Gasteiger partial charge on any atom is 0.128 e. The van der Waals surface area contributed by atoms with Crippen molar-refractivity contribution in [2.45, 2.75) is 40.2 Å². The predicted octanol–water partition coefficient (Wildman–Crippen LogP) is 2.97. The average Bonchev–Trinajstić information content (AvgIpc) is 2.78. The lowest BCUT2D eigenvalue weighted by Gasteiger charge is -2.27. The van der Waals surface area contributed by atoms with E-state index >= 15 is 0 Å². The summed E-state index contributed by atoms with van der Waals surface area (Å²) in [4.78, 5) is 6.93. The van der Waals surface area contributed by atoms with Crippen molar-refractivity contribution in [1.29, 1.82) is 0 Å². The molecule has 1 aromatic heterocycles. The summed E-state index contributed by atoms with van der Waals surface area (Å²) in [5, 5.41) is 0. The summed E-state index contributed by atoms with van der Waals surface area (Å²) in [6.07, 6.45) is 3.17. The maximum absolute atomic E-state index is 5.84.